The van der Waals surface area contributed by atoms with Gasteiger partial charge < -0.3 is 14.2 Å². The highest BCUT2D eigenvalue weighted by atomic mass is 16.5. The van der Waals surface area contributed by atoms with Gasteiger partial charge in [0.15, 0.2) is 6.61 Å². The third kappa shape index (κ3) is 6.39. The Morgan fingerprint density at radius 3 is 2.12 bits per heavy atom. The summed E-state index contributed by atoms with van der Waals surface area (Å²) in [7, 11) is 3.21. The average molecular weight is 340 g/mol. The molecule has 0 heterocycles. The van der Waals surface area contributed by atoms with Gasteiger partial charge in [-0.15, -0.1) is 0 Å². The molecule has 130 valence electrons. The molecule has 0 atom stereocenters. The average Bonchev–Trinajstić information content (AvgIpc) is 2.67. The number of benzene rings is 2. The highest BCUT2D eigenvalue weighted by Crippen LogP contribution is 2.16. The second-order valence-electron chi connectivity index (χ2n) is 4.91. The molecular formula is C19H20N2O4. The van der Waals surface area contributed by atoms with Crippen LogP contribution in [0.3, 0.4) is 0 Å². The quantitative estimate of drug-likeness (QED) is 0.593. The summed E-state index contributed by atoms with van der Waals surface area (Å²) >= 11 is 0. The molecule has 1 N–H and O–H groups in total. The SMILES string of the molecule is COc1ccc(/C=C/C=N/NC(=O)COc2ccc(OC)cc2)cc1. The summed E-state index contributed by atoms with van der Waals surface area (Å²) in [4.78, 5) is 11.6. The number of allylic oxidation sites excluding steroid dienone is 1. The Hall–Kier alpha value is -3.28. The molecule has 0 unspecified atom stereocenters. The van der Waals surface area contributed by atoms with Crippen molar-refractivity contribution in [2.75, 3.05) is 20.8 Å². The fourth-order valence-electron chi connectivity index (χ4n) is 1.87. The summed E-state index contributed by atoms with van der Waals surface area (Å²) in [6, 6.07) is 14.6. The van der Waals surface area contributed by atoms with Crippen molar-refractivity contribution < 1.29 is 19.0 Å². The van der Waals surface area contributed by atoms with Crippen LogP contribution in [0, 0.1) is 0 Å². The summed E-state index contributed by atoms with van der Waals surface area (Å²) in [6.45, 7) is -0.119. The zero-order valence-electron chi connectivity index (χ0n) is 14.1. The Balaban J connectivity index is 1.71. The lowest BCUT2D eigenvalue weighted by molar-refractivity contribution is -0.123. The van der Waals surface area contributed by atoms with Crippen molar-refractivity contribution in [2.24, 2.45) is 5.10 Å². The minimum absolute atomic E-state index is 0.119. The van der Waals surface area contributed by atoms with Crippen molar-refractivity contribution in [3.05, 3.63) is 60.2 Å². The third-order valence-electron chi connectivity index (χ3n) is 3.18. The van der Waals surface area contributed by atoms with E-state index < -0.39 is 0 Å². The maximum absolute atomic E-state index is 11.6. The fraction of sp³-hybridized carbons (Fsp3) is 0.158. The van der Waals surface area contributed by atoms with E-state index in [1.165, 1.54) is 6.21 Å². The predicted octanol–water partition coefficient (Wildman–Crippen LogP) is 2.90. The van der Waals surface area contributed by atoms with Crippen LogP contribution in [0.25, 0.3) is 6.08 Å². The Bertz CT molecular complexity index is 722. The Morgan fingerprint density at radius 1 is 0.960 bits per heavy atom. The van der Waals surface area contributed by atoms with Gasteiger partial charge in [0.25, 0.3) is 5.91 Å². The van der Waals surface area contributed by atoms with Crippen molar-refractivity contribution >= 4 is 18.2 Å². The Labute approximate surface area is 146 Å². The molecule has 0 aliphatic heterocycles. The number of hydrogen-bond donors (Lipinski definition) is 1. The summed E-state index contributed by atoms with van der Waals surface area (Å²) in [5.41, 5.74) is 3.39. The molecule has 1 amide bonds. The zero-order chi connectivity index (χ0) is 17.9. The highest BCUT2D eigenvalue weighted by Gasteiger charge is 2.01. The van der Waals surface area contributed by atoms with E-state index in [1.807, 2.05) is 30.3 Å². The topological polar surface area (TPSA) is 69.2 Å². The van der Waals surface area contributed by atoms with E-state index in [4.69, 9.17) is 14.2 Å². The van der Waals surface area contributed by atoms with Crippen molar-refractivity contribution in [2.45, 2.75) is 0 Å². The number of methoxy groups -OCH3 is 2. The second-order valence-corrected chi connectivity index (χ2v) is 4.91. The first-order valence-corrected chi connectivity index (χ1v) is 7.61. The van der Waals surface area contributed by atoms with E-state index in [0.717, 1.165) is 17.1 Å². The number of hydrazone groups is 1. The number of rotatable bonds is 8. The van der Waals surface area contributed by atoms with Crippen LogP contribution in [-0.4, -0.2) is 32.9 Å². The summed E-state index contributed by atoms with van der Waals surface area (Å²) in [5.74, 6) is 1.77. The van der Waals surface area contributed by atoms with Crippen LogP contribution < -0.4 is 19.6 Å². The molecule has 0 saturated heterocycles. The largest absolute Gasteiger partial charge is 0.497 e. The van der Waals surface area contributed by atoms with Gasteiger partial charge in [-0.3, -0.25) is 4.79 Å². The fourth-order valence-corrected chi connectivity index (χ4v) is 1.87. The molecule has 0 aliphatic rings. The number of carbonyl (C=O) groups excluding carboxylic acids is 1. The normalized spacial score (nSPS) is 10.8. The van der Waals surface area contributed by atoms with Gasteiger partial charge in [0, 0.05) is 6.21 Å². The van der Waals surface area contributed by atoms with Crippen LogP contribution in [0.1, 0.15) is 5.56 Å². The number of hydrogen-bond acceptors (Lipinski definition) is 5. The molecule has 6 nitrogen and oxygen atoms in total. The minimum Gasteiger partial charge on any atom is -0.497 e. The number of ether oxygens (including phenoxy) is 3. The molecule has 0 spiro atoms. The maximum Gasteiger partial charge on any atom is 0.277 e. The van der Waals surface area contributed by atoms with Gasteiger partial charge in [0.2, 0.25) is 0 Å². The van der Waals surface area contributed by atoms with E-state index in [1.54, 1.807) is 44.6 Å². The van der Waals surface area contributed by atoms with Crippen molar-refractivity contribution in [3.8, 4) is 17.2 Å². The molecule has 2 aromatic rings. The van der Waals surface area contributed by atoms with Crippen LogP contribution in [0.2, 0.25) is 0 Å². The van der Waals surface area contributed by atoms with E-state index in [9.17, 15) is 4.79 Å². The van der Waals surface area contributed by atoms with Crippen LogP contribution in [0.4, 0.5) is 0 Å². The molecule has 0 aliphatic carbocycles. The van der Waals surface area contributed by atoms with Gasteiger partial charge in [-0.1, -0.05) is 18.2 Å². The molecule has 25 heavy (non-hydrogen) atoms. The van der Waals surface area contributed by atoms with Crippen LogP contribution in [-0.2, 0) is 4.79 Å². The van der Waals surface area contributed by atoms with Crippen molar-refractivity contribution in [1.29, 1.82) is 0 Å². The standard InChI is InChI=1S/C19H20N2O4/c1-23-16-7-5-15(6-8-16)4-3-13-20-21-19(22)14-25-18-11-9-17(24-2)10-12-18/h3-13H,14H2,1-2H3,(H,21,22)/b4-3+,20-13+. The number of nitrogens with one attached hydrogen (secondary N) is 1. The molecule has 0 fully saturated rings. The summed E-state index contributed by atoms with van der Waals surface area (Å²) in [6.07, 6.45) is 5.09. The van der Waals surface area contributed by atoms with Gasteiger partial charge in [-0.2, -0.15) is 5.10 Å². The monoisotopic (exact) mass is 340 g/mol. The lowest BCUT2D eigenvalue weighted by Gasteiger charge is -2.05. The highest BCUT2D eigenvalue weighted by molar-refractivity contribution is 5.82. The number of amides is 1. The smallest absolute Gasteiger partial charge is 0.277 e. The van der Waals surface area contributed by atoms with E-state index in [2.05, 4.69) is 10.5 Å². The minimum atomic E-state index is -0.343. The molecule has 0 aromatic heterocycles. The second kappa shape index (κ2) is 9.77. The Morgan fingerprint density at radius 2 is 1.52 bits per heavy atom. The number of carbonyl (C=O) groups is 1. The van der Waals surface area contributed by atoms with Crippen LogP contribution >= 0.6 is 0 Å². The Kier molecular flexibility index (Phi) is 7.06. The molecule has 6 heteroatoms. The molecule has 2 rings (SSSR count). The third-order valence-corrected chi connectivity index (χ3v) is 3.18. The van der Waals surface area contributed by atoms with Gasteiger partial charge in [0.1, 0.15) is 17.2 Å². The van der Waals surface area contributed by atoms with E-state index >= 15 is 0 Å². The van der Waals surface area contributed by atoms with E-state index in [-0.39, 0.29) is 12.5 Å². The summed E-state index contributed by atoms with van der Waals surface area (Å²) in [5, 5.41) is 3.82. The molecular weight excluding hydrogens is 320 g/mol. The maximum atomic E-state index is 11.6. The van der Waals surface area contributed by atoms with Gasteiger partial charge in [-0.25, -0.2) is 5.43 Å². The molecule has 0 bridgehead atoms. The zero-order valence-corrected chi connectivity index (χ0v) is 14.1. The summed E-state index contributed by atoms with van der Waals surface area (Å²) < 4.78 is 15.5. The lowest BCUT2D eigenvalue weighted by Crippen LogP contribution is -2.24. The molecule has 0 radical (unpaired) electrons. The molecule has 0 saturated carbocycles. The van der Waals surface area contributed by atoms with Crippen molar-refractivity contribution in [3.63, 3.8) is 0 Å². The van der Waals surface area contributed by atoms with Crippen LogP contribution in [0.15, 0.2) is 59.7 Å². The number of nitrogens with zero attached hydrogens (tertiary/aromatic N) is 1. The van der Waals surface area contributed by atoms with Gasteiger partial charge in [-0.05, 0) is 48.0 Å². The van der Waals surface area contributed by atoms with Gasteiger partial charge >= 0.3 is 0 Å². The van der Waals surface area contributed by atoms with E-state index in [0.29, 0.717) is 5.75 Å². The van der Waals surface area contributed by atoms with Crippen LogP contribution in [0.5, 0.6) is 17.2 Å². The first-order valence-electron chi connectivity index (χ1n) is 7.61. The predicted molar refractivity (Wildman–Crippen MR) is 97.2 cm³/mol. The van der Waals surface area contributed by atoms with Gasteiger partial charge in [0.05, 0.1) is 14.2 Å². The first-order chi connectivity index (χ1) is 12.2. The van der Waals surface area contributed by atoms with Crippen molar-refractivity contribution in [1.82, 2.24) is 5.43 Å². The lowest BCUT2D eigenvalue weighted by atomic mass is 10.2. The molecule has 2 aromatic carbocycles. The first kappa shape index (κ1) is 18.1.